The lowest BCUT2D eigenvalue weighted by atomic mass is 10.1. The number of hydrogen-bond acceptors (Lipinski definition) is 4. The molecule has 0 unspecified atom stereocenters. The largest absolute Gasteiger partial charge is 0.435 e. The number of anilines is 2. The zero-order chi connectivity index (χ0) is 19.6. The third-order valence-corrected chi connectivity index (χ3v) is 3.59. The summed E-state index contributed by atoms with van der Waals surface area (Å²) < 4.78 is 34.2. The van der Waals surface area contributed by atoms with Crippen molar-refractivity contribution in [3.8, 4) is 5.75 Å². The molecule has 2 aromatic rings. The molecule has 146 valence electrons. The van der Waals surface area contributed by atoms with Crippen molar-refractivity contribution in [2.45, 2.75) is 33.0 Å². The molecule has 2 rings (SSSR count). The fraction of sp³-hybridized carbons (Fsp3) is 0.350. The number of nitrogens with one attached hydrogen (secondary N) is 2. The Morgan fingerprint density at radius 2 is 1.78 bits per heavy atom. The predicted octanol–water partition coefficient (Wildman–Crippen LogP) is 4.58. The number of ether oxygens (including phenoxy) is 2. The number of hydrogen-bond donors (Lipinski definition) is 2. The highest BCUT2D eigenvalue weighted by Gasteiger charge is 2.11. The number of amides is 1. The van der Waals surface area contributed by atoms with Gasteiger partial charge in [-0.2, -0.15) is 8.78 Å². The van der Waals surface area contributed by atoms with E-state index in [0.717, 1.165) is 6.42 Å². The van der Waals surface area contributed by atoms with Crippen molar-refractivity contribution in [3.63, 3.8) is 0 Å². The molecule has 0 heterocycles. The molecule has 27 heavy (non-hydrogen) atoms. The highest BCUT2D eigenvalue weighted by molar-refractivity contribution is 6.00. The van der Waals surface area contributed by atoms with E-state index < -0.39 is 6.61 Å². The molecule has 5 nitrogen and oxygen atoms in total. The quantitative estimate of drug-likeness (QED) is 0.594. The SMILES string of the molecule is CC(C)OCCCNC(=O)c1ccccc1Nc1ccc(OC(F)F)cc1. The summed E-state index contributed by atoms with van der Waals surface area (Å²) >= 11 is 0. The van der Waals surface area contributed by atoms with E-state index in [0.29, 0.717) is 30.1 Å². The molecular weight excluding hydrogens is 354 g/mol. The summed E-state index contributed by atoms with van der Waals surface area (Å²) in [4.78, 5) is 12.4. The molecule has 2 aromatic carbocycles. The van der Waals surface area contributed by atoms with Crippen LogP contribution in [-0.2, 0) is 4.74 Å². The summed E-state index contributed by atoms with van der Waals surface area (Å²) in [7, 11) is 0. The molecule has 0 bridgehead atoms. The molecule has 0 saturated heterocycles. The van der Waals surface area contributed by atoms with Gasteiger partial charge in [0.25, 0.3) is 5.91 Å². The van der Waals surface area contributed by atoms with Gasteiger partial charge < -0.3 is 20.1 Å². The second-order valence-corrected chi connectivity index (χ2v) is 6.10. The van der Waals surface area contributed by atoms with E-state index in [2.05, 4.69) is 15.4 Å². The van der Waals surface area contributed by atoms with Crippen LogP contribution in [-0.4, -0.2) is 31.8 Å². The van der Waals surface area contributed by atoms with Gasteiger partial charge in [0, 0.05) is 18.8 Å². The standard InChI is InChI=1S/C20H24F2N2O3/c1-14(2)26-13-5-12-23-19(25)17-6-3-4-7-18(17)24-15-8-10-16(11-9-15)27-20(21)22/h3-4,6-11,14,20,24H,5,12-13H2,1-2H3,(H,23,25). The molecule has 2 N–H and O–H groups in total. The Morgan fingerprint density at radius 3 is 2.44 bits per heavy atom. The van der Waals surface area contributed by atoms with Crippen LogP contribution in [0.4, 0.5) is 20.2 Å². The molecule has 0 aliphatic carbocycles. The lowest BCUT2D eigenvalue weighted by Gasteiger charge is -2.13. The van der Waals surface area contributed by atoms with Gasteiger partial charge in [0.05, 0.1) is 17.4 Å². The first-order chi connectivity index (χ1) is 13.0. The van der Waals surface area contributed by atoms with E-state index in [-0.39, 0.29) is 17.8 Å². The monoisotopic (exact) mass is 378 g/mol. The minimum atomic E-state index is -2.86. The van der Waals surface area contributed by atoms with Crippen LogP contribution in [0.2, 0.25) is 0 Å². The highest BCUT2D eigenvalue weighted by atomic mass is 19.3. The van der Waals surface area contributed by atoms with E-state index in [4.69, 9.17) is 4.74 Å². The van der Waals surface area contributed by atoms with E-state index in [1.54, 1.807) is 30.3 Å². The smallest absolute Gasteiger partial charge is 0.387 e. The molecular formula is C20H24F2N2O3. The number of benzene rings is 2. The van der Waals surface area contributed by atoms with Gasteiger partial charge in [0.1, 0.15) is 5.75 Å². The molecule has 0 aromatic heterocycles. The van der Waals surface area contributed by atoms with Crippen LogP contribution in [0, 0.1) is 0 Å². The molecule has 7 heteroatoms. The number of carbonyl (C=O) groups is 1. The maximum Gasteiger partial charge on any atom is 0.387 e. The number of halogens is 2. The van der Waals surface area contributed by atoms with Crippen molar-refractivity contribution < 1.29 is 23.0 Å². The summed E-state index contributed by atoms with van der Waals surface area (Å²) in [6, 6.07) is 13.2. The fourth-order valence-corrected chi connectivity index (χ4v) is 2.35. The highest BCUT2D eigenvalue weighted by Crippen LogP contribution is 2.23. The van der Waals surface area contributed by atoms with E-state index in [1.165, 1.54) is 12.1 Å². The number of carbonyl (C=O) groups excluding carboxylic acids is 1. The van der Waals surface area contributed by atoms with Crippen molar-refractivity contribution in [2.75, 3.05) is 18.5 Å². The lowest BCUT2D eigenvalue weighted by Crippen LogP contribution is -2.26. The Morgan fingerprint density at radius 1 is 1.07 bits per heavy atom. The van der Waals surface area contributed by atoms with E-state index >= 15 is 0 Å². The van der Waals surface area contributed by atoms with Gasteiger partial charge in [0.15, 0.2) is 0 Å². The zero-order valence-corrected chi connectivity index (χ0v) is 15.4. The number of rotatable bonds is 10. The van der Waals surface area contributed by atoms with Crippen LogP contribution in [0.15, 0.2) is 48.5 Å². The van der Waals surface area contributed by atoms with Crippen molar-refractivity contribution in [3.05, 3.63) is 54.1 Å². The van der Waals surface area contributed by atoms with Crippen LogP contribution in [0.5, 0.6) is 5.75 Å². The van der Waals surface area contributed by atoms with Crippen molar-refractivity contribution in [2.24, 2.45) is 0 Å². The van der Waals surface area contributed by atoms with Crippen LogP contribution in [0.1, 0.15) is 30.6 Å². The normalized spacial score (nSPS) is 10.9. The average Bonchev–Trinajstić information content (AvgIpc) is 2.62. The molecule has 0 aliphatic rings. The van der Waals surface area contributed by atoms with Gasteiger partial charge in [-0.3, -0.25) is 4.79 Å². The summed E-state index contributed by atoms with van der Waals surface area (Å²) in [5, 5.41) is 5.99. The van der Waals surface area contributed by atoms with Gasteiger partial charge in [-0.05, 0) is 56.7 Å². The topological polar surface area (TPSA) is 59.6 Å². The van der Waals surface area contributed by atoms with Gasteiger partial charge >= 0.3 is 6.61 Å². The van der Waals surface area contributed by atoms with Crippen LogP contribution >= 0.6 is 0 Å². The molecule has 0 radical (unpaired) electrons. The molecule has 0 spiro atoms. The molecule has 0 aliphatic heterocycles. The van der Waals surface area contributed by atoms with Gasteiger partial charge in [-0.15, -0.1) is 0 Å². The Labute approximate surface area is 157 Å². The Balaban J connectivity index is 1.95. The average molecular weight is 378 g/mol. The molecule has 0 atom stereocenters. The van der Waals surface area contributed by atoms with E-state index in [1.807, 2.05) is 19.9 Å². The van der Waals surface area contributed by atoms with Crippen LogP contribution < -0.4 is 15.4 Å². The summed E-state index contributed by atoms with van der Waals surface area (Å²) in [5.41, 5.74) is 1.77. The van der Waals surface area contributed by atoms with Crippen LogP contribution in [0.3, 0.4) is 0 Å². The predicted molar refractivity (Wildman–Crippen MR) is 101 cm³/mol. The third kappa shape index (κ3) is 7.22. The van der Waals surface area contributed by atoms with Gasteiger partial charge in [-0.1, -0.05) is 12.1 Å². The van der Waals surface area contributed by atoms with E-state index in [9.17, 15) is 13.6 Å². The maximum atomic E-state index is 12.4. The Kier molecular flexibility index (Phi) is 8.00. The van der Waals surface area contributed by atoms with Gasteiger partial charge in [0.2, 0.25) is 0 Å². The molecule has 0 saturated carbocycles. The van der Waals surface area contributed by atoms with Gasteiger partial charge in [-0.25, -0.2) is 0 Å². The Bertz CT molecular complexity index is 721. The summed E-state index contributed by atoms with van der Waals surface area (Å²) in [6.07, 6.45) is 0.897. The minimum absolute atomic E-state index is 0.0743. The second-order valence-electron chi connectivity index (χ2n) is 6.10. The third-order valence-electron chi connectivity index (χ3n) is 3.59. The van der Waals surface area contributed by atoms with Crippen molar-refractivity contribution in [1.82, 2.24) is 5.32 Å². The minimum Gasteiger partial charge on any atom is -0.435 e. The van der Waals surface area contributed by atoms with Crippen molar-refractivity contribution in [1.29, 1.82) is 0 Å². The number of alkyl halides is 2. The lowest BCUT2D eigenvalue weighted by molar-refractivity contribution is -0.0498. The second kappa shape index (κ2) is 10.5. The fourth-order valence-electron chi connectivity index (χ4n) is 2.35. The first-order valence-electron chi connectivity index (χ1n) is 8.76. The van der Waals surface area contributed by atoms with Crippen molar-refractivity contribution >= 4 is 17.3 Å². The maximum absolute atomic E-state index is 12.4. The first-order valence-corrected chi connectivity index (χ1v) is 8.76. The Hall–Kier alpha value is -2.67. The zero-order valence-electron chi connectivity index (χ0n) is 15.4. The summed E-state index contributed by atoms with van der Waals surface area (Å²) in [5.74, 6) is -0.120. The summed E-state index contributed by atoms with van der Waals surface area (Å²) in [6.45, 7) is 2.17. The molecule has 1 amide bonds. The van der Waals surface area contributed by atoms with Crippen LogP contribution in [0.25, 0.3) is 0 Å². The number of para-hydroxylation sites is 1. The first kappa shape index (κ1) is 20.6. The molecule has 0 fully saturated rings.